The maximum atomic E-state index is 11.3. The zero-order valence-corrected chi connectivity index (χ0v) is 11.8. The molecule has 1 atom stereocenters. The largest absolute Gasteiger partial charge is 0.355 e. The van der Waals surface area contributed by atoms with Crippen molar-refractivity contribution in [3.05, 3.63) is 53.3 Å². The number of hydrogen-bond donors (Lipinski definition) is 1. The van der Waals surface area contributed by atoms with Crippen LogP contribution in [0.1, 0.15) is 29.2 Å². The summed E-state index contributed by atoms with van der Waals surface area (Å²) in [6.45, 7) is 4.89. The number of nitrogens with one attached hydrogen (secondary N) is 1. The van der Waals surface area contributed by atoms with E-state index in [9.17, 15) is 4.79 Å². The Hall–Kier alpha value is -2.16. The van der Waals surface area contributed by atoms with Crippen molar-refractivity contribution in [2.24, 2.45) is 0 Å². The van der Waals surface area contributed by atoms with Gasteiger partial charge in [-0.05, 0) is 42.2 Å². The van der Waals surface area contributed by atoms with Crippen LogP contribution in [0, 0.1) is 13.8 Å². The van der Waals surface area contributed by atoms with Crippen LogP contribution in [0.5, 0.6) is 0 Å². The molecule has 1 saturated heterocycles. The second-order valence-corrected chi connectivity index (χ2v) is 5.40. The Bertz CT molecular complexity index is 647. The van der Waals surface area contributed by atoms with Gasteiger partial charge in [0.05, 0.1) is 0 Å². The van der Waals surface area contributed by atoms with E-state index in [4.69, 9.17) is 0 Å². The Balaban J connectivity index is 1.89. The van der Waals surface area contributed by atoms with Gasteiger partial charge in [0.15, 0.2) is 0 Å². The molecule has 3 rings (SSSR count). The predicted molar refractivity (Wildman–Crippen MR) is 79.5 cm³/mol. The number of pyridine rings is 1. The highest BCUT2D eigenvalue weighted by atomic mass is 16.1. The minimum absolute atomic E-state index is 0.152. The van der Waals surface area contributed by atoms with E-state index in [0.29, 0.717) is 12.3 Å². The third-order valence-corrected chi connectivity index (χ3v) is 4.13. The summed E-state index contributed by atoms with van der Waals surface area (Å²) in [4.78, 5) is 15.6. The molecule has 1 unspecified atom stereocenters. The van der Waals surface area contributed by atoms with E-state index in [0.717, 1.165) is 12.2 Å². The van der Waals surface area contributed by atoms with Crippen molar-refractivity contribution in [1.82, 2.24) is 10.3 Å². The normalized spacial score (nSPS) is 18.1. The van der Waals surface area contributed by atoms with E-state index in [-0.39, 0.29) is 5.91 Å². The van der Waals surface area contributed by atoms with Crippen LogP contribution in [0.3, 0.4) is 0 Å². The van der Waals surface area contributed by atoms with Gasteiger partial charge < -0.3 is 5.32 Å². The van der Waals surface area contributed by atoms with Gasteiger partial charge in [-0.15, -0.1) is 0 Å². The highest BCUT2D eigenvalue weighted by Gasteiger charge is 2.22. The van der Waals surface area contributed by atoms with Crippen molar-refractivity contribution in [3.63, 3.8) is 0 Å². The van der Waals surface area contributed by atoms with Crippen LogP contribution in [0.25, 0.3) is 11.1 Å². The SMILES string of the molecule is Cc1nccc(-c2ccc(C3CNC(=O)C3)cc2)c1C. The Morgan fingerprint density at radius 2 is 1.90 bits per heavy atom. The second-order valence-electron chi connectivity index (χ2n) is 5.40. The molecule has 1 aliphatic heterocycles. The topological polar surface area (TPSA) is 42.0 Å². The van der Waals surface area contributed by atoms with Gasteiger partial charge in [-0.25, -0.2) is 0 Å². The molecule has 3 nitrogen and oxygen atoms in total. The van der Waals surface area contributed by atoms with Crippen molar-refractivity contribution in [1.29, 1.82) is 0 Å². The van der Waals surface area contributed by atoms with Crippen molar-refractivity contribution in [3.8, 4) is 11.1 Å². The maximum absolute atomic E-state index is 11.3. The summed E-state index contributed by atoms with van der Waals surface area (Å²) in [5.74, 6) is 0.469. The molecule has 0 radical (unpaired) electrons. The van der Waals surface area contributed by atoms with E-state index in [1.165, 1.54) is 22.3 Å². The third-order valence-electron chi connectivity index (χ3n) is 4.13. The van der Waals surface area contributed by atoms with Gasteiger partial charge >= 0.3 is 0 Å². The average Bonchev–Trinajstić information content (AvgIpc) is 2.89. The lowest BCUT2D eigenvalue weighted by atomic mass is 9.94. The lowest BCUT2D eigenvalue weighted by Gasteiger charge is -2.11. The summed E-state index contributed by atoms with van der Waals surface area (Å²) >= 11 is 0. The molecule has 0 bridgehead atoms. The van der Waals surface area contributed by atoms with Crippen LogP contribution in [0.4, 0.5) is 0 Å². The van der Waals surface area contributed by atoms with E-state index < -0.39 is 0 Å². The first kappa shape index (κ1) is 12.9. The monoisotopic (exact) mass is 266 g/mol. The van der Waals surface area contributed by atoms with Crippen molar-refractivity contribution in [2.45, 2.75) is 26.2 Å². The molecular formula is C17H18N2O. The highest BCUT2D eigenvalue weighted by molar-refractivity contribution is 5.79. The maximum Gasteiger partial charge on any atom is 0.220 e. The summed E-state index contributed by atoms with van der Waals surface area (Å²) in [5, 5.41) is 2.88. The van der Waals surface area contributed by atoms with E-state index in [1.54, 1.807) is 0 Å². The van der Waals surface area contributed by atoms with Gasteiger partial charge in [-0.1, -0.05) is 24.3 Å². The van der Waals surface area contributed by atoms with E-state index in [1.807, 2.05) is 13.1 Å². The lowest BCUT2D eigenvalue weighted by molar-refractivity contribution is -0.119. The molecule has 1 aromatic carbocycles. The van der Waals surface area contributed by atoms with Crippen molar-refractivity contribution in [2.75, 3.05) is 6.54 Å². The minimum Gasteiger partial charge on any atom is -0.355 e. The third kappa shape index (κ3) is 2.31. The molecule has 1 aliphatic rings. The zero-order chi connectivity index (χ0) is 14.1. The summed E-state index contributed by atoms with van der Waals surface area (Å²) in [7, 11) is 0. The molecule has 1 fully saturated rings. The first-order valence-electron chi connectivity index (χ1n) is 6.94. The second kappa shape index (κ2) is 5.08. The molecule has 1 N–H and O–H groups in total. The summed E-state index contributed by atoms with van der Waals surface area (Å²) in [6.07, 6.45) is 2.46. The van der Waals surface area contributed by atoms with Crippen molar-refractivity contribution >= 4 is 5.91 Å². The molecule has 102 valence electrons. The van der Waals surface area contributed by atoms with Gasteiger partial charge in [0.1, 0.15) is 0 Å². The smallest absolute Gasteiger partial charge is 0.220 e. The fraction of sp³-hybridized carbons (Fsp3) is 0.294. The van der Waals surface area contributed by atoms with Gasteiger partial charge in [-0.3, -0.25) is 9.78 Å². The molecule has 0 saturated carbocycles. The molecule has 3 heteroatoms. The van der Waals surface area contributed by atoms with Gasteiger partial charge in [-0.2, -0.15) is 0 Å². The molecule has 2 aromatic rings. The number of nitrogens with zero attached hydrogens (tertiary/aromatic N) is 1. The fourth-order valence-corrected chi connectivity index (χ4v) is 2.73. The Labute approximate surface area is 119 Å². The summed E-state index contributed by atoms with van der Waals surface area (Å²) in [5.41, 5.74) is 5.95. The van der Waals surface area contributed by atoms with Crippen LogP contribution >= 0.6 is 0 Å². The molecule has 2 heterocycles. The van der Waals surface area contributed by atoms with Crippen LogP contribution in [-0.2, 0) is 4.79 Å². The number of rotatable bonds is 2. The number of carbonyl (C=O) groups excluding carboxylic acids is 1. The van der Waals surface area contributed by atoms with Crippen LogP contribution in [0.15, 0.2) is 36.5 Å². The van der Waals surface area contributed by atoms with Gasteiger partial charge in [0.25, 0.3) is 0 Å². The quantitative estimate of drug-likeness (QED) is 0.908. The highest BCUT2D eigenvalue weighted by Crippen LogP contribution is 2.28. The Morgan fingerprint density at radius 1 is 1.15 bits per heavy atom. The number of aryl methyl sites for hydroxylation is 1. The van der Waals surface area contributed by atoms with E-state index >= 15 is 0 Å². The molecule has 1 amide bonds. The van der Waals surface area contributed by atoms with E-state index in [2.05, 4.69) is 47.6 Å². The molecular weight excluding hydrogens is 248 g/mol. The predicted octanol–water partition coefficient (Wildman–Crippen LogP) is 2.97. The van der Waals surface area contributed by atoms with Gasteiger partial charge in [0, 0.05) is 30.8 Å². The minimum atomic E-state index is 0.152. The van der Waals surface area contributed by atoms with Gasteiger partial charge in [0.2, 0.25) is 5.91 Å². The number of carbonyl (C=O) groups is 1. The number of aromatic nitrogens is 1. The van der Waals surface area contributed by atoms with Crippen LogP contribution < -0.4 is 5.32 Å². The average molecular weight is 266 g/mol. The molecule has 1 aromatic heterocycles. The fourth-order valence-electron chi connectivity index (χ4n) is 2.73. The Morgan fingerprint density at radius 3 is 2.55 bits per heavy atom. The summed E-state index contributed by atoms with van der Waals surface area (Å²) in [6, 6.07) is 10.6. The van der Waals surface area contributed by atoms with Crippen molar-refractivity contribution < 1.29 is 4.79 Å². The zero-order valence-electron chi connectivity index (χ0n) is 11.8. The van der Waals surface area contributed by atoms with Crippen LogP contribution in [0.2, 0.25) is 0 Å². The number of amides is 1. The number of hydrogen-bond acceptors (Lipinski definition) is 2. The Kier molecular flexibility index (Phi) is 3.26. The summed E-state index contributed by atoms with van der Waals surface area (Å²) < 4.78 is 0. The lowest BCUT2D eigenvalue weighted by Crippen LogP contribution is -2.13. The molecule has 0 aliphatic carbocycles. The first-order valence-corrected chi connectivity index (χ1v) is 6.94. The standard InChI is InChI=1S/C17H18N2O/c1-11-12(2)18-8-7-16(11)14-5-3-13(4-6-14)15-9-17(20)19-10-15/h3-8,15H,9-10H2,1-2H3,(H,19,20). The molecule has 0 spiro atoms. The van der Waals surface area contributed by atoms with Crippen LogP contribution in [-0.4, -0.2) is 17.4 Å². The molecule has 20 heavy (non-hydrogen) atoms. The first-order chi connectivity index (χ1) is 9.65. The number of benzene rings is 1.